The van der Waals surface area contributed by atoms with Crippen LogP contribution in [0.25, 0.3) is 10.2 Å². The standard InChI is InChI=1S/C21H25N5O3S/c1-14-8-6-7-9-15(14)24-21-20-16(22-13-23-21)12-19(30-20)25-17(27)10-4-2-3-5-11-18(28)26-29/h6-9,12-13,29H,2-5,10-11H2,1H3,(H,25,27)(H,26,28)(H,22,23,24). The average Bonchev–Trinajstić information content (AvgIpc) is 3.15. The fourth-order valence-electron chi connectivity index (χ4n) is 3.03. The molecule has 8 nitrogen and oxygen atoms in total. The molecule has 0 unspecified atom stereocenters. The van der Waals surface area contributed by atoms with E-state index < -0.39 is 0 Å². The summed E-state index contributed by atoms with van der Waals surface area (Å²) in [6, 6.07) is 9.84. The molecule has 3 rings (SSSR count). The number of hydrogen-bond acceptors (Lipinski definition) is 7. The van der Waals surface area contributed by atoms with Crippen molar-refractivity contribution >= 4 is 49.9 Å². The number of aryl methyl sites for hydroxylation is 1. The van der Waals surface area contributed by atoms with Gasteiger partial charge in [0, 0.05) is 18.5 Å². The summed E-state index contributed by atoms with van der Waals surface area (Å²) in [6.45, 7) is 2.03. The fraction of sp³-hybridized carbons (Fsp3) is 0.333. The van der Waals surface area contributed by atoms with Crippen molar-refractivity contribution in [3.05, 3.63) is 42.2 Å². The first kappa shape index (κ1) is 21.7. The molecule has 0 aliphatic carbocycles. The van der Waals surface area contributed by atoms with Gasteiger partial charge in [-0.25, -0.2) is 15.4 Å². The van der Waals surface area contributed by atoms with Crippen LogP contribution in [0.1, 0.15) is 44.1 Å². The van der Waals surface area contributed by atoms with Crippen molar-refractivity contribution in [3.8, 4) is 0 Å². The number of para-hydroxylation sites is 1. The number of nitrogens with zero attached hydrogens (tertiary/aromatic N) is 2. The highest BCUT2D eigenvalue weighted by Crippen LogP contribution is 2.34. The van der Waals surface area contributed by atoms with Crippen molar-refractivity contribution in [2.45, 2.75) is 45.4 Å². The molecule has 0 bridgehead atoms. The van der Waals surface area contributed by atoms with E-state index in [-0.39, 0.29) is 11.8 Å². The lowest BCUT2D eigenvalue weighted by atomic mass is 10.1. The minimum absolute atomic E-state index is 0.0453. The van der Waals surface area contributed by atoms with Crippen molar-refractivity contribution in [1.82, 2.24) is 15.4 Å². The molecule has 0 radical (unpaired) electrons. The molecule has 1 aromatic carbocycles. The SMILES string of the molecule is Cc1ccccc1Nc1ncnc2cc(NC(=O)CCCCCCC(=O)NO)sc12. The van der Waals surface area contributed by atoms with E-state index >= 15 is 0 Å². The second-order valence-corrected chi connectivity index (χ2v) is 8.04. The van der Waals surface area contributed by atoms with Crippen LogP contribution in [-0.2, 0) is 9.59 Å². The quantitative estimate of drug-likeness (QED) is 0.215. The van der Waals surface area contributed by atoms with E-state index in [9.17, 15) is 9.59 Å². The number of hydrogen-bond donors (Lipinski definition) is 4. The lowest BCUT2D eigenvalue weighted by Gasteiger charge is -2.08. The number of hydroxylamine groups is 1. The third-order valence-corrected chi connectivity index (χ3v) is 5.70. The van der Waals surface area contributed by atoms with Crippen molar-refractivity contribution in [3.63, 3.8) is 0 Å². The van der Waals surface area contributed by atoms with Gasteiger partial charge >= 0.3 is 0 Å². The van der Waals surface area contributed by atoms with Crippen molar-refractivity contribution < 1.29 is 14.8 Å². The zero-order chi connectivity index (χ0) is 21.3. The maximum atomic E-state index is 12.2. The van der Waals surface area contributed by atoms with Gasteiger partial charge in [0.2, 0.25) is 11.8 Å². The van der Waals surface area contributed by atoms with Crippen LogP contribution in [0.5, 0.6) is 0 Å². The van der Waals surface area contributed by atoms with Gasteiger partial charge in [-0.15, -0.1) is 11.3 Å². The second kappa shape index (κ2) is 10.7. The van der Waals surface area contributed by atoms with E-state index in [1.165, 1.54) is 17.7 Å². The van der Waals surface area contributed by atoms with Crippen LogP contribution in [-0.4, -0.2) is 27.0 Å². The number of unbranched alkanes of at least 4 members (excludes halogenated alkanes) is 3. The van der Waals surface area contributed by atoms with Crippen LogP contribution in [0.15, 0.2) is 36.7 Å². The molecule has 0 spiro atoms. The largest absolute Gasteiger partial charge is 0.339 e. The van der Waals surface area contributed by atoms with Gasteiger partial charge in [-0.1, -0.05) is 31.0 Å². The predicted molar refractivity (Wildman–Crippen MR) is 118 cm³/mol. The van der Waals surface area contributed by atoms with E-state index in [0.29, 0.717) is 25.1 Å². The number of nitrogens with one attached hydrogen (secondary N) is 3. The van der Waals surface area contributed by atoms with E-state index in [0.717, 1.165) is 45.7 Å². The smallest absolute Gasteiger partial charge is 0.243 e. The molecule has 2 aromatic heterocycles. The summed E-state index contributed by atoms with van der Waals surface area (Å²) >= 11 is 1.44. The molecule has 2 heterocycles. The van der Waals surface area contributed by atoms with Gasteiger partial charge in [-0.05, 0) is 37.5 Å². The molecular weight excluding hydrogens is 402 g/mol. The monoisotopic (exact) mass is 427 g/mol. The normalized spacial score (nSPS) is 10.7. The molecule has 3 aromatic rings. The van der Waals surface area contributed by atoms with Crippen LogP contribution in [0.2, 0.25) is 0 Å². The molecule has 0 aliphatic rings. The third kappa shape index (κ3) is 5.98. The number of carbonyl (C=O) groups is 2. The van der Waals surface area contributed by atoms with Gasteiger partial charge in [0.25, 0.3) is 0 Å². The van der Waals surface area contributed by atoms with Crippen molar-refractivity contribution in [2.24, 2.45) is 0 Å². The molecule has 30 heavy (non-hydrogen) atoms. The zero-order valence-electron chi connectivity index (χ0n) is 16.8. The van der Waals surface area contributed by atoms with E-state index in [1.54, 1.807) is 5.48 Å². The van der Waals surface area contributed by atoms with Crippen molar-refractivity contribution in [1.29, 1.82) is 0 Å². The highest BCUT2D eigenvalue weighted by molar-refractivity contribution is 7.23. The molecule has 0 fully saturated rings. The van der Waals surface area contributed by atoms with E-state index in [2.05, 4.69) is 20.6 Å². The number of aromatic nitrogens is 2. The topological polar surface area (TPSA) is 116 Å². The van der Waals surface area contributed by atoms with Gasteiger partial charge in [-0.2, -0.15) is 0 Å². The van der Waals surface area contributed by atoms with Gasteiger partial charge in [0.1, 0.15) is 6.33 Å². The molecule has 4 N–H and O–H groups in total. The molecule has 0 saturated carbocycles. The second-order valence-electron chi connectivity index (χ2n) is 6.98. The zero-order valence-corrected chi connectivity index (χ0v) is 17.6. The Hall–Kier alpha value is -3.04. The van der Waals surface area contributed by atoms with Crippen LogP contribution in [0, 0.1) is 6.92 Å². The molecule has 158 valence electrons. The fourth-order valence-corrected chi connectivity index (χ4v) is 4.00. The van der Waals surface area contributed by atoms with Crippen LogP contribution in [0.4, 0.5) is 16.5 Å². The van der Waals surface area contributed by atoms with E-state index in [1.807, 2.05) is 37.3 Å². The molecule has 0 saturated heterocycles. The Bertz CT molecular complexity index is 1020. The Balaban J connectivity index is 1.54. The highest BCUT2D eigenvalue weighted by Gasteiger charge is 2.12. The number of benzene rings is 1. The first-order valence-electron chi connectivity index (χ1n) is 9.87. The van der Waals surface area contributed by atoms with Gasteiger partial charge in [0.15, 0.2) is 5.82 Å². The molecular formula is C21H25N5O3S. The summed E-state index contributed by atoms with van der Waals surface area (Å²) in [6.07, 6.45) is 5.36. The number of carbonyl (C=O) groups excluding carboxylic acids is 2. The average molecular weight is 428 g/mol. The van der Waals surface area contributed by atoms with Crippen LogP contribution >= 0.6 is 11.3 Å². The first-order valence-corrected chi connectivity index (χ1v) is 10.7. The summed E-state index contributed by atoms with van der Waals surface area (Å²) in [4.78, 5) is 31.9. The van der Waals surface area contributed by atoms with Crippen LogP contribution < -0.4 is 16.1 Å². The number of anilines is 3. The Morgan fingerprint density at radius 3 is 2.50 bits per heavy atom. The van der Waals surface area contributed by atoms with E-state index in [4.69, 9.17) is 5.21 Å². The maximum Gasteiger partial charge on any atom is 0.243 e. The lowest BCUT2D eigenvalue weighted by Crippen LogP contribution is -2.17. The minimum atomic E-state index is -0.378. The molecule has 2 amide bonds. The summed E-state index contributed by atoms with van der Waals surface area (Å²) in [7, 11) is 0. The summed E-state index contributed by atoms with van der Waals surface area (Å²) in [5.41, 5.74) is 4.49. The van der Waals surface area contributed by atoms with Gasteiger partial charge < -0.3 is 10.6 Å². The molecule has 0 aliphatic heterocycles. The van der Waals surface area contributed by atoms with Gasteiger partial charge in [0.05, 0.1) is 15.2 Å². The minimum Gasteiger partial charge on any atom is -0.339 e. The Morgan fingerprint density at radius 1 is 1.03 bits per heavy atom. The number of amides is 2. The third-order valence-electron chi connectivity index (χ3n) is 4.65. The number of thiophene rings is 1. The molecule has 9 heteroatoms. The predicted octanol–water partition coefficient (Wildman–Crippen LogP) is 4.53. The maximum absolute atomic E-state index is 12.2. The summed E-state index contributed by atoms with van der Waals surface area (Å²) < 4.78 is 0.887. The van der Waals surface area contributed by atoms with Gasteiger partial charge in [-0.3, -0.25) is 14.8 Å². The van der Waals surface area contributed by atoms with Crippen molar-refractivity contribution in [2.75, 3.05) is 10.6 Å². The number of fused-ring (bicyclic) bond motifs is 1. The lowest BCUT2D eigenvalue weighted by molar-refractivity contribution is -0.129. The Kier molecular flexibility index (Phi) is 7.69. The highest BCUT2D eigenvalue weighted by atomic mass is 32.1. The number of rotatable bonds is 10. The summed E-state index contributed by atoms with van der Waals surface area (Å²) in [5.74, 6) is 0.291. The Morgan fingerprint density at radius 2 is 1.77 bits per heavy atom. The first-order chi connectivity index (χ1) is 14.6. The molecule has 0 atom stereocenters. The Labute approximate surface area is 178 Å². The summed E-state index contributed by atoms with van der Waals surface area (Å²) in [5, 5.41) is 15.5. The van der Waals surface area contributed by atoms with Crippen LogP contribution in [0.3, 0.4) is 0 Å².